The van der Waals surface area contributed by atoms with E-state index >= 15 is 0 Å². The standard InChI is InChI=1S/C73H114O5/c1-3-5-7-9-11-13-15-17-19-21-23-25-27-28-29-30-31-32-33-34-35-36-37-38-39-40-41-42-43-44-46-48-50-52-54-56-58-60-62-64-66-68-73(76)78-71(69-74)70-77-72(75)67-65-63-61-59-57-55-53-51-49-47-45-26-24-22-20-18-16-14-12-10-8-6-4-2/h5,7,11,13,16-19,22-25,28-29,31-32,34-35,37-38,40-41,43-45,47-48,50,54,56,71,74H,3-4,6,8-10,12,14-15,20-21,26-27,30,33,36,39,42,46,49,51-53,55,57-70H2,1-2H3/b7-5-,13-11-,18-16-,19-17-,24-22-,25-23-,29-28-,32-31-,35-34-,38-37-,41-40-,44-43-,47-45-,50-48-,56-54-. The van der Waals surface area contributed by atoms with E-state index in [2.05, 4.69) is 196 Å². The summed E-state index contributed by atoms with van der Waals surface area (Å²) in [5.74, 6) is -0.640. The van der Waals surface area contributed by atoms with Crippen molar-refractivity contribution in [3.63, 3.8) is 0 Å². The molecule has 1 atom stereocenters. The van der Waals surface area contributed by atoms with Gasteiger partial charge in [0.2, 0.25) is 0 Å². The van der Waals surface area contributed by atoms with Crippen molar-refractivity contribution in [1.82, 2.24) is 0 Å². The predicted octanol–water partition coefficient (Wildman–Crippen LogP) is 21.9. The van der Waals surface area contributed by atoms with Gasteiger partial charge in [-0.05, 0) is 141 Å². The number of hydrogen-bond acceptors (Lipinski definition) is 5. The summed E-state index contributed by atoms with van der Waals surface area (Å²) in [7, 11) is 0. The van der Waals surface area contributed by atoms with Gasteiger partial charge < -0.3 is 14.6 Å². The van der Waals surface area contributed by atoms with E-state index in [9.17, 15) is 14.7 Å². The molecule has 0 saturated carbocycles. The first-order valence-corrected chi connectivity index (χ1v) is 31.3. The summed E-state index contributed by atoms with van der Waals surface area (Å²) in [6.07, 6.45) is 104. The summed E-state index contributed by atoms with van der Waals surface area (Å²) < 4.78 is 10.7. The van der Waals surface area contributed by atoms with E-state index in [0.29, 0.717) is 12.8 Å². The van der Waals surface area contributed by atoms with Gasteiger partial charge in [-0.2, -0.15) is 0 Å². The van der Waals surface area contributed by atoms with E-state index in [0.717, 1.165) is 148 Å². The van der Waals surface area contributed by atoms with Crippen LogP contribution in [-0.2, 0) is 19.1 Å². The Balaban J connectivity index is 3.68. The quantitative estimate of drug-likeness (QED) is 0.0373. The molecule has 1 unspecified atom stereocenters. The summed E-state index contributed by atoms with van der Waals surface area (Å²) in [6.45, 7) is 3.98. The molecule has 0 amide bonds. The highest BCUT2D eigenvalue weighted by molar-refractivity contribution is 5.70. The van der Waals surface area contributed by atoms with Gasteiger partial charge in [0.25, 0.3) is 0 Å². The number of allylic oxidation sites excluding steroid dienone is 30. The second-order valence-corrected chi connectivity index (χ2v) is 20.0. The molecular formula is C73H114O5. The number of aliphatic hydroxyl groups excluding tert-OH is 1. The number of hydrogen-bond donors (Lipinski definition) is 1. The number of ether oxygens (including phenoxy) is 2. The minimum absolute atomic E-state index is 0.0917. The minimum atomic E-state index is -0.804. The van der Waals surface area contributed by atoms with E-state index in [1.807, 2.05) is 0 Å². The van der Waals surface area contributed by atoms with Crippen LogP contribution in [0.15, 0.2) is 182 Å². The Morgan fingerprint density at radius 2 is 0.551 bits per heavy atom. The van der Waals surface area contributed by atoms with Crippen LogP contribution in [0.4, 0.5) is 0 Å². The minimum Gasteiger partial charge on any atom is -0.462 e. The zero-order valence-corrected chi connectivity index (χ0v) is 49.8. The average molecular weight is 1070 g/mol. The Morgan fingerprint density at radius 1 is 0.308 bits per heavy atom. The Bertz CT molecular complexity index is 1780. The van der Waals surface area contributed by atoms with E-state index in [4.69, 9.17) is 9.47 Å². The topological polar surface area (TPSA) is 72.8 Å². The van der Waals surface area contributed by atoms with Crippen LogP contribution in [0, 0.1) is 0 Å². The van der Waals surface area contributed by atoms with Crippen LogP contribution in [0.5, 0.6) is 0 Å². The molecule has 0 aliphatic carbocycles. The molecule has 0 aromatic carbocycles. The van der Waals surface area contributed by atoms with E-state index in [-0.39, 0.29) is 25.2 Å². The van der Waals surface area contributed by atoms with Crippen LogP contribution in [-0.4, -0.2) is 36.4 Å². The highest BCUT2D eigenvalue weighted by Gasteiger charge is 2.16. The maximum absolute atomic E-state index is 12.3. The first-order valence-electron chi connectivity index (χ1n) is 31.3. The second-order valence-electron chi connectivity index (χ2n) is 20.0. The van der Waals surface area contributed by atoms with Gasteiger partial charge in [0.05, 0.1) is 6.61 Å². The third kappa shape index (κ3) is 63.5. The molecule has 0 fully saturated rings. The van der Waals surface area contributed by atoms with Gasteiger partial charge in [-0.3, -0.25) is 9.59 Å². The lowest BCUT2D eigenvalue weighted by molar-refractivity contribution is -0.161. The molecule has 1 N–H and O–H groups in total. The fourth-order valence-electron chi connectivity index (χ4n) is 8.01. The SMILES string of the molecule is CC/C=C\C/C=C\C/C=C\C/C=C\C/C=C\C/C=C\C/C=C\C/C=C\C/C=C\C/C=C\C/C=C\C/C=C\CCCCCCC(=O)OC(CO)COC(=O)CCCCCCCCCC/C=C\C/C=C\C/C=C\CCCCCCC. The van der Waals surface area contributed by atoms with Crippen molar-refractivity contribution in [2.75, 3.05) is 13.2 Å². The molecule has 0 aliphatic heterocycles. The first-order chi connectivity index (χ1) is 38.6. The molecule has 0 aromatic rings. The van der Waals surface area contributed by atoms with Crippen LogP contribution >= 0.6 is 0 Å². The average Bonchev–Trinajstić information content (AvgIpc) is 3.44. The number of rotatable bonds is 55. The monoisotopic (exact) mass is 1070 g/mol. The lowest BCUT2D eigenvalue weighted by atomic mass is 10.1. The molecule has 0 aliphatic rings. The molecule has 78 heavy (non-hydrogen) atoms. The van der Waals surface area contributed by atoms with Crippen LogP contribution in [0.25, 0.3) is 0 Å². The zero-order chi connectivity index (χ0) is 56.2. The maximum atomic E-state index is 12.3. The number of aliphatic hydroxyl groups is 1. The van der Waals surface area contributed by atoms with Crippen molar-refractivity contribution in [2.45, 2.75) is 251 Å². The highest BCUT2D eigenvalue weighted by atomic mass is 16.6. The fourth-order valence-corrected chi connectivity index (χ4v) is 8.01. The van der Waals surface area contributed by atoms with Crippen molar-refractivity contribution in [1.29, 1.82) is 0 Å². The largest absolute Gasteiger partial charge is 0.462 e. The first kappa shape index (κ1) is 73.0. The molecule has 5 nitrogen and oxygen atoms in total. The molecule has 0 spiro atoms. The van der Waals surface area contributed by atoms with Gasteiger partial charge in [0.1, 0.15) is 6.61 Å². The van der Waals surface area contributed by atoms with Gasteiger partial charge in [-0.25, -0.2) is 0 Å². The lowest BCUT2D eigenvalue weighted by Crippen LogP contribution is -2.28. The molecule has 5 heteroatoms. The normalized spacial score (nSPS) is 13.5. The molecule has 0 rings (SSSR count). The number of esters is 2. The van der Waals surface area contributed by atoms with Crippen LogP contribution in [0.1, 0.15) is 245 Å². The van der Waals surface area contributed by atoms with Gasteiger partial charge in [0, 0.05) is 12.8 Å². The van der Waals surface area contributed by atoms with Crippen molar-refractivity contribution in [3.8, 4) is 0 Å². The van der Waals surface area contributed by atoms with Crippen molar-refractivity contribution >= 4 is 11.9 Å². The third-order valence-electron chi connectivity index (χ3n) is 12.7. The predicted molar refractivity (Wildman–Crippen MR) is 343 cm³/mol. The van der Waals surface area contributed by atoms with E-state index in [1.165, 1.54) is 70.6 Å². The summed E-state index contributed by atoms with van der Waals surface area (Å²) >= 11 is 0. The summed E-state index contributed by atoms with van der Waals surface area (Å²) in [5.41, 5.74) is 0. The number of carbonyl (C=O) groups excluding carboxylic acids is 2. The van der Waals surface area contributed by atoms with Crippen molar-refractivity contribution in [2.24, 2.45) is 0 Å². The highest BCUT2D eigenvalue weighted by Crippen LogP contribution is 2.13. The Hall–Kier alpha value is -5.00. The Kier molecular flexibility index (Phi) is 62.0. The molecular weight excluding hydrogens is 957 g/mol. The summed E-state index contributed by atoms with van der Waals surface area (Å²) in [5, 5.41) is 9.67. The number of unbranched alkanes of at least 4 members (excludes halogenated alkanes) is 17. The zero-order valence-electron chi connectivity index (χ0n) is 49.8. The molecule has 0 aromatic heterocycles. The van der Waals surface area contributed by atoms with Crippen molar-refractivity contribution < 1.29 is 24.2 Å². The Morgan fingerprint density at radius 3 is 0.833 bits per heavy atom. The Labute approximate surface area is 480 Å². The lowest BCUT2D eigenvalue weighted by Gasteiger charge is -2.15. The summed E-state index contributed by atoms with van der Waals surface area (Å²) in [4.78, 5) is 24.6. The summed E-state index contributed by atoms with van der Waals surface area (Å²) in [6, 6.07) is 0. The van der Waals surface area contributed by atoms with Gasteiger partial charge in [-0.1, -0.05) is 273 Å². The van der Waals surface area contributed by atoms with Gasteiger partial charge >= 0.3 is 11.9 Å². The smallest absolute Gasteiger partial charge is 0.306 e. The molecule has 0 bridgehead atoms. The van der Waals surface area contributed by atoms with Crippen LogP contribution in [0.2, 0.25) is 0 Å². The fraction of sp³-hybridized carbons (Fsp3) is 0.562. The third-order valence-corrected chi connectivity index (χ3v) is 12.7. The molecule has 436 valence electrons. The van der Waals surface area contributed by atoms with E-state index < -0.39 is 6.10 Å². The van der Waals surface area contributed by atoms with Gasteiger partial charge in [0.15, 0.2) is 6.10 Å². The van der Waals surface area contributed by atoms with Crippen LogP contribution < -0.4 is 0 Å². The second kappa shape index (κ2) is 66.3. The number of carbonyl (C=O) groups is 2. The molecule has 0 saturated heterocycles. The van der Waals surface area contributed by atoms with Crippen LogP contribution in [0.3, 0.4) is 0 Å². The van der Waals surface area contributed by atoms with Crippen molar-refractivity contribution in [3.05, 3.63) is 182 Å². The van der Waals surface area contributed by atoms with Gasteiger partial charge in [-0.15, -0.1) is 0 Å². The molecule has 0 heterocycles. The maximum Gasteiger partial charge on any atom is 0.306 e. The van der Waals surface area contributed by atoms with E-state index in [1.54, 1.807) is 0 Å². The molecule has 0 radical (unpaired) electrons.